The number of thioether (sulfide) groups is 1. The Morgan fingerprint density at radius 3 is 2.72 bits per heavy atom. The lowest BCUT2D eigenvalue weighted by Crippen LogP contribution is -2.32. The van der Waals surface area contributed by atoms with Gasteiger partial charge < -0.3 is 15.8 Å². The van der Waals surface area contributed by atoms with Crippen LogP contribution in [0.3, 0.4) is 0 Å². The number of nitrogens with one attached hydrogen (secondary N) is 1. The van der Waals surface area contributed by atoms with Crippen molar-refractivity contribution in [2.75, 3.05) is 0 Å². The van der Waals surface area contributed by atoms with E-state index < -0.39 is 12.0 Å². The molecule has 32 heavy (non-hydrogen) atoms. The minimum Gasteiger partial charge on any atom is -0.480 e. The van der Waals surface area contributed by atoms with Crippen molar-refractivity contribution in [1.82, 2.24) is 15.0 Å². The second kappa shape index (κ2) is 9.97. The first-order valence-corrected chi connectivity index (χ1v) is 11.6. The molecule has 164 valence electrons. The van der Waals surface area contributed by atoms with Gasteiger partial charge in [0.1, 0.15) is 6.04 Å². The van der Waals surface area contributed by atoms with Crippen LogP contribution in [-0.4, -0.2) is 32.1 Å². The van der Waals surface area contributed by atoms with Gasteiger partial charge in [-0.15, -0.1) is 0 Å². The number of nitrogens with two attached hydrogens (primary N) is 1. The Bertz CT molecular complexity index is 1150. The van der Waals surface area contributed by atoms with Crippen molar-refractivity contribution < 1.29 is 9.90 Å². The highest BCUT2D eigenvalue weighted by Crippen LogP contribution is 2.36. The highest BCUT2D eigenvalue weighted by Gasteiger charge is 2.21. The van der Waals surface area contributed by atoms with Gasteiger partial charge in [-0.25, -0.2) is 4.98 Å². The van der Waals surface area contributed by atoms with Crippen molar-refractivity contribution in [2.24, 2.45) is 11.7 Å². The van der Waals surface area contributed by atoms with Gasteiger partial charge in [-0.05, 0) is 30.0 Å². The predicted molar refractivity (Wildman–Crippen MR) is 128 cm³/mol. The highest BCUT2D eigenvalue weighted by atomic mass is 32.2. The summed E-state index contributed by atoms with van der Waals surface area (Å²) in [7, 11) is 0. The summed E-state index contributed by atoms with van der Waals surface area (Å²) in [5.74, 6) is -0.00381. The molecule has 0 spiro atoms. The van der Waals surface area contributed by atoms with Crippen LogP contribution < -0.4 is 5.73 Å². The van der Waals surface area contributed by atoms with Gasteiger partial charge in [0.05, 0.1) is 17.1 Å². The van der Waals surface area contributed by atoms with Gasteiger partial charge in [-0.2, -0.15) is 0 Å². The molecule has 2 unspecified atom stereocenters. The molecule has 0 fully saturated rings. The Labute approximate surface area is 191 Å². The normalized spacial score (nSPS) is 16.6. The summed E-state index contributed by atoms with van der Waals surface area (Å²) in [4.78, 5) is 24.1. The number of allylic oxidation sites excluding steroid dienone is 4. The summed E-state index contributed by atoms with van der Waals surface area (Å²) < 4.78 is 0. The van der Waals surface area contributed by atoms with Crippen LogP contribution in [0.15, 0.2) is 71.9 Å². The van der Waals surface area contributed by atoms with Gasteiger partial charge >= 0.3 is 5.97 Å². The summed E-state index contributed by atoms with van der Waals surface area (Å²) in [6.45, 7) is 2.23. The molecule has 6 nitrogen and oxygen atoms in total. The van der Waals surface area contributed by atoms with Crippen molar-refractivity contribution in [3.63, 3.8) is 0 Å². The lowest BCUT2D eigenvalue weighted by Gasteiger charge is -2.16. The molecule has 0 radical (unpaired) electrons. The van der Waals surface area contributed by atoms with E-state index in [0.717, 1.165) is 34.2 Å². The van der Waals surface area contributed by atoms with E-state index in [-0.39, 0.29) is 6.42 Å². The van der Waals surface area contributed by atoms with E-state index in [0.29, 0.717) is 17.4 Å². The van der Waals surface area contributed by atoms with Crippen molar-refractivity contribution in [1.29, 1.82) is 0 Å². The van der Waals surface area contributed by atoms with E-state index in [4.69, 9.17) is 15.8 Å². The smallest absolute Gasteiger partial charge is 0.320 e. The number of benzene rings is 1. The molecule has 1 aliphatic rings. The van der Waals surface area contributed by atoms with E-state index in [1.54, 1.807) is 17.8 Å². The molecule has 1 aliphatic carbocycles. The van der Waals surface area contributed by atoms with Gasteiger partial charge in [0.15, 0.2) is 5.16 Å². The Kier molecular flexibility index (Phi) is 6.87. The molecule has 0 saturated heterocycles. The number of carboxylic acids is 1. The minimum atomic E-state index is -1.02. The molecule has 3 aromatic rings. The Morgan fingerprint density at radius 2 is 1.97 bits per heavy atom. The van der Waals surface area contributed by atoms with Crippen LogP contribution in [0.25, 0.3) is 16.8 Å². The Morgan fingerprint density at radius 1 is 1.19 bits per heavy atom. The number of H-pyrrole nitrogens is 1. The maximum Gasteiger partial charge on any atom is 0.320 e. The van der Waals surface area contributed by atoms with Gasteiger partial charge in [0.2, 0.25) is 0 Å². The second-order valence-electron chi connectivity index (χ2n) is 7.88. The third-order valence-electron chi connectivity index (χ3n) is 5.42. The average Bonchev–Trinajstić information content (AvgIpc) is 3.23. The maximum absolute atomic E-state index is 11.0. The molecule has 4 N–H and O–H groups in total. The lowest BCUT2D eigenvalue weighted by molar-refractivity contribution is -0.138. The average molecular weight is 447 g/mol. The molecule has 1 aromatic carbocycles. The molecule has 0 bridgehead atoms. The van der Waals surface area contributed by atoms with E-state index in [9.17, 15) is 4.79 Å². The summed E-state index contributed by atoms with van der Waals surface area (Å²) in [6, 6.07) is 14.9. The standard InChI is InChI=1S/C25H26N4O2S/c1-16-8-5-6-13-20(16)23-22(17-9-3-2-4-10-17)28-25(29-23)32-15-19-12-7-11-18(27-19)14-21(26)24(30)31/h2-7,9-13,16,21H,8,14-15,26H2,1H3,(H,28,29)(H,30,31). The number of aliphatic carboxylic acids is 1. The first-order chi connectivity index (χ1) is 15.5. The van der Waals surface area contributed by atoms with Crippen molar-refractivity contribution in [3.05, 3.63) is 83.8 Å². The van der Waals surface area contributed by atoms with Crippen LogP contribution in [0.1, 0.15) is 30.4 Å². The minimum absolute atomic E-state index is 0.205. The fraction of sp³-hybridized carbons (Fsp3) is 0.240. The van der Waals surface area contributed by atoms with Gasteiger partial charge in [-0.1, -0.05) is 73.3 Å². The number of aromatic nitrogens is 3. The molecule has 4 rings (SSSR count). The van der Waals surface area contributed by atoms with Crippen LogP contribution in [0.4, 0.5) is 0 Å². The number of hydrogen-bond donors (Lipinski definition) is 3. The SMILES string of the molecule is CC1CC=CC=C1c1nc(SCc2cccc(CC(N)C(=O)O)n2)[nH]c1-c1ccccc1. The topological polar surface area (TPSA) is 105 Å². The second-order valence-corrected chi connectivity index (χ2v) is 8.84. The summed E-state index contributed by atoms with van der Waals surface area (Å²) in [6.07, 6.45) is 7.65. The number of rotatable bonds is 8. The van der Waals surface area contributed by atoms with Crippen molar-refractivity contribution in [3.8, 4) is 11.3 Å². The number of aromatic amines is 1. The molecule has 0 amide bonds. The van der Waals surface area contributed by atoms with Gasteiger partial charge in [0, 0.05) is 23.4 Å². The third kappa shape index (κ3) is 5.18. The molecule has 2 aromatic heterocycles. The summed E-state index contributed by atoms with van der Waals surface area (Å²) in [5, 5.41) is 9.86. The van der Waals surface area contributed by atoms with Crippen LogP contribution in [0.5, 0.6) is 0 Å². The molecule has 2 atom stereocenters. The largest absolute Gasteiger partial charge is 0.480 e. The van der Waals surface area contributed by atoms with E-state index >= 15 is 0 Å². The zero-order chi connectivity index (χ0) is 22.5. The quantitative estimate of drug-likeness (QED) is 0.433. The van der Waals surface area contributed by atoms with E-state index in [1.807, 2.05) is 30.3 Å². The zero-order valence-corrected chi connectivity index (χ0v) is 18.7. The summed E-state index contributed by atoms with van der Waals surface area (Å²) >= 11 is 1.58. The fourth-order valence-electron chi connectivity index (χ4n) is 3.68. The fourth-order valence-corrected chi connectivity index (χ4v) is 4.45. The van der Waals surface area contributed by atoms with Crippen LogP contribution in [0.2, 0.25) is 0 Å². The number of carboxylic acid groups (broad SMARTS) is 1. The van der Waals surface area contributed by atoms with Crippen molar-refractivity contribution >= 4 is 23.3 Å². The monoisotopic (exact) mass is 446 g/mol. The zero-order valence-electron chi connectivity index (χ0n) is 17.9. The predicted octanol–water partition coefficient (Wildman–Crippen LogP) is 4.70. The van der Waals surface area contributed by atoms with Crippen molar-refractivity contribution in [2.45, 2.75) is 36.7 Å². The van der Waals surface area contributed by atoms with Crippen LogP contribution in [0, 0.1) is 5.92 Å². The number of nitrogens with zero attached hydrogens (tertiary/aromatic N) is 2. The number of carbonyl (C=O) groups is 1. The highest BCUT2D eigenvalue weighted by molar-refractivity contribution is 7.98. The molecular formula is C25H26N4O2S. The molecule has 7 heteroatoms. The molecule has 0 saturated carbocycles. The van der Waals surface area contributed by atoms with Gasteiger partial charge in [-0.3, -0.25) is 9.78 Å². The first-order valence-electron chi connectivity index (χ1n) is 10.6. The maximum atomic E-state index is 11.0. The van der Waals surface area contributed by atoms with Crippen LogP contribution >= 0.6 is 11.8 Å². The number of pyridine rings is 1. The van der Waals surface area contributed by atoms with E-state index in [2.05, 4.69) is 47.3 Å². The molecule has 0 aliphatic heterocycles. The third-order valence-corrected chi connectivity index (χ3v) is 6.32. The van der Waals surface area contributed by atoms with E-state index in [1.165, 1.54) is 5.57 Å². The summed E-state index contributed by atoms with van der Waals surface area (Å²) in [5.41, 5.74) is 11.5. The molecular weight excluding hydrogens is 420 g/mol. The lowest BCUT2D eigenvalue weighted by atomic mass is 9.89. The van der Waals surface area contributed by atoms with Crippen LogP contribution in [-0.2, 0) is 17.0 Å². The molecule has 2 heterocycles. The first kappa shape index (κ1) is 22.0. The Balaban J connectivity index is 1.57. The Hall–Kier alpha value is -3.16. The number of hydrogen-bond acceptors (Lipinski definition) is 5. The van der Waals surface area contributed by atoms with Gasteiger partial charge in [0.25, 0.3) is 0 Å². The number of imidazole rings is 1.